The number of carbonyl (C=O) groups excluding carboxylic acids is 3. The average molecular weight is 278 g/mol. The molecule has 0 aliphatic rings. The lowest BCUT2D eigenvalue weighted by Gasteiger charge is -2.34. The molecule has 0 radical (unpaired) electrons. The Morgan fingerprint density at radius 3 is 1.06 bits per heavy atom. The molecule has 0 aliphatic carbocycles. The van der Waals surface area contributed by atoms with E-state index in [2.05, 4.69) is 0 Å². The lowest BCUT2D eigenvalue weighted by atomic mass is 10.9. The van der Waals surface area contributed by atoms with Crippen LogP contribution in [0.15, 0.2) is 0 Å². The number of carbonyl (C=O) groups is 3. The highest BCUT2D eigenvalue weighted by Gasteiger charge is 2.63. The molecule has 98 valence electrons. The zero-order valence-corrected chi connectivity index (χ0v) is 12.9. The number of rotatable bonds is 4. The first kappa shape index (κ1) is 15.8. The molecule has 0 aromatic heterocycles. The van der Waals surface area contributed by atoms with Gasteiger partial charge in [0.25, 0.3) is 17.9 Å². The van der Waals surface area contributed by atoms with Crippen LogP contribution in [0.25, 0.3) is 0 Å². The van der Waals surface area contributed by atoms with Crippen LogP contribution in [-0.4, -0.2) is 33.8 Å². The summed E-state index contributed by atoms with van der Waals surface area (Å²) < 4.78 is 15.3. The third kappa shape index (κ3) is 4.69. The van der Waals surface area contributed by atoms with Gasteiger partial charge in [-0.3, -0.25) is 14.4 Å². The monoisotopic (exact) mass is 278 g/mol. The molecule has 8 heteroatoms. The van der Waals surface area contributed by atoms with Crippen LogP contribution in [0, 0.1) is 0 Å². The summed E-state index contributed by atoms with van der Waals surface area (Å²) in [6.45, 7) is 9.01. The van der Waals surface area contributed by atoms with Crippen LogP contribution in [0.4, 0.5) is 0 Å². The molecule has 0 rings (SSSR count). The Bertz CT molecular complexity index is 292. The molecule has 0 heterocycles. The van der Waals surface area contributed by atoms with Crippen molar-refractivity contribution < 1.29 is 27.7 Å². The molecule has 0 aromatic carbocycles. The van der Waals surface area contributed by atoms with E-state index < -0.39 is 33.8 Å². The lowest BCUT2D eigenvalue weighted by molar-refractivity contribution is -0.146. The summed E-state index contributed by atoms with van der Waals surface area (Å²) in [7, 11) is -5.91. The van der Waals surface area contributed by atoms with Crippen LogP contribution in [0.3, 0.4) is 0 Å². The second kappa shape index (κ2) is 5.45. The summed E-state index contributed by atoms with van der Waals surface area (Å²) in [5.74, 6) is -1.87. The minimum atomic E-state index is -3.60. The molecule has 17 heavy (non-hydrogen) atoms. The van der Waals surface area contributed by atoms with E-state index in [4.69, 9.17) is 13.3 Å². The van der Waals surface area contributed by atoms with Gasteiger partial charge in [-0.25, -0.2) is 0 Å². The second-order valence-corrected chi connectivity index (χ2v) is 17.1. The fraction of sp³-hybridized carbons (Fsp3) is 0.667. The highest BCUT2D eigenvalue weighted by molar-refractivity contribution is 7.34. The molecular weight excluding hydrogens is 260 g/mol. The van der Waals surface area contributed by atoms with E-state index in [1.807, 2.05) is 19.6 Å². The molecule has 0 N–H and O–H groups in total. The Kier molecular flexibility index (Phi) is 5.08. The fourth-order valence-corrected chi connectivity index (χ4v) is 7.32. The van der Waals surface area contributed by atoms with Gasteiger partial charge in [-0.1, -0.05) is 19.6 Å². The molecule has 0 saturated heterocycles. The highest BCUT2D eigenvalue weighted by Crippen LogP contribution is 2.24. The molecular formula is C9H18O6Si2. The summed E-state index contributed by atoms with van der Waals surface area (Å²) in [6.07, 6.45) is 0. The summed E-state index contributed by atoms with van der Waals surface area (Å²) in [5, 5.41) is 0. The Hall–Kier alpha value is -1.16. The minimum absolute atomic E-state index is 0.624. The van der Waals surface area contributed by atoms with Crippen molar-refractivity contribution in [1.82, 2.24) is 0 Å². The maximum atomic E-state index is 11.1. The van der Waals surface area contributed by atoms with Gasteiger partial charge in [-0.2, -0.15) is 0 Å². The van der Waals surface area contributed by atoms with Crippen molar-refractivity contribution in [2.45, 2.75) is 40.4 Å². The third-order valence-electron chi connectivity index (χ3n) is 1.75. The second-order valence-electron chi connectivity index (χ2n) is 4.59. The summed E-state index contributed by atoms with van der Waals surface area (Å²) in [6, 6.07) is 0. The van der Waals surface area contributed by atoms with Crippen molar-refractivity contribution in [3.8, 4) is 0 Å². The minimum Gasteiger partial charge on any atom is -0.459 e. The van der Waals surface area contributed by atoms with Gasteiger partial charge in [0.2, 0.25) is 0 Å². The first-order valence-electron chi connectivity index (χ1n) is 5.09. The summed E-state index contributed by atoms with van der Waals surface area (Å²) in [5.41, 5.74) is 0. The fourth-order valence-electron chi connectivity index (χ4n) is 1.09. The van der Waals surface area contributed by atoms with Gasteiger partial charge in [-0.15, -0.1) is 0 Å². The van der Waals surface area contributed by atoms with E-state index in [9.17, 15) is 14.4 Å². The van der Waals surface area contributed by atoms with Gasteiger partial charge in [-0.05, 0) is 0 Å². The largest absolute Gasteiger partial charge is 0.661 e. The van der Waals surface area contributed by atoms with Gasteiger partial charge in [0, 0.05) is 20.8 Å². The standard InChI is InChI=1S/C9H18O6Si2/c1-7(10)13-17(14-8(2)11,15-9(3)12)16(4,5)6/h1-6H3. The van der Waals surface area contributed by atoms with Crippen LogP contribution in [0.1, 0.15) is 20.8 Å². The van der Waals surface area contributed by atoms with E-state index in [0.717, 1.165) is 0 Å². The molecule has 0 aliphatic heterocycles. The van der Waals surface area contributed by atoms with Crippen molar-refractivity contribution in [1.29, 1.82) is 0 Å². The molecule has 0 fully saturated rings. The van der Waals surface area contributed by atoms with Gasteiger partial charge >= 0.3 is 8.32 Å². The molecule has 0 unspecified atom stereocenters. The molecule has 0 saturated carbocycles. The van der Waals surface area contributed by atoms with E-state index in [0.29, 0.717) is 0 Å². The molecule has 6 nitrogen and oxygen atoms in total. The predicted octanol–water partition coefficient (Wildman–Crippen LogP) is 1.03. The SMILES string of the molecule is CC(=O)O[Si](OC(C)=O)(OC(C)=O)[Si](C)(C)C. The Balaban J connectivity index is 5.42. The van der Waals surface area contributed by atoms with Crippen LogP contribution in [-0.2, 0) is 27.7 Å². The quantitative estimate of drug-likeness (QED) is 0.715. The predicted molar refractivity (Wildman–Crippen MR) is 64.4 cm³/mol. The maximum absolute atomic E-state index is 11.1. The van der Waals surface area contributed by atoms with E-state index in [1.165, 1.54) is 20.8 Å². The first-order chi connectivity index (χ1) is 7.50. The van der Waals surface area contributed by atoms with Gasteiger partial charge in [0.15, 0.2) is 7.59 Å². The average Bonchev–Trinajstić information content (AvgIpc) is 1.96. The van der Waals surface area contributed by atoms with Crippen LogP contribution in [0.5, 0.6) is 0 Å². The summed E-state index contributed by atoms with van der Waals surface area (Å²) >= 11 is 0. The third-order valence-corrected chi connectivity index (χ3v) is 11.7. The number of hydrogen-bond donors (Lipinski definition) is 0. The van der Waals surface area contributed by atoms with Crippen molar-refractivity contribution in [3.63, 3.8) is 0 Å². The Morgan fingerprint density at radius 1 is 0.706 bits per heavy atom. The Morgan fingerprint density at radius 2 is 0.941 bits per heavy atom. The van der Waals surface area contributed by atoms with Crippen LogP contribution >= 0.6 is 0 Å². The van der Waals surface area contributed by atoms with Gasteiger partial charge < -0.3 is 13.3 Å². The molecule has 0 atom stereocenters. The zero-order valence-electron chi connectivity index (χ0n) is 10.9. The Labute approximate surface area is 102 Å². The molecule has 0 amide bonds. The van der Waals surface area contributed by atoms with Gasteiger partial charge in [0.05, 0.1) is 0 Å². The number of hydrogen-bond acceptors (Lipinski definition) is 6. The van der Waals surface area contributed by atoms with Crippen LogP contribution < -0.4 is 0 Å². The van der Waals surface area contributed by atoms with E-state index >= 15 is 0 Å². The van der Waals surface area contributed by atoms with E-state index in [-0.39, 0.29) is 0 Å². The highest BCUT2D eigenvalue weighted by atomic mass is 29.3. The van der Waals surface area contributed by atoms with Crippen molar-refractivity contribution in [2.75, 3.05) is 0 Å². The van der Waals surface area contributed by atoms with Crippen molar-refractivity contribution >= 4 is 33.8 Å². The molecule has 0 bridgehead atoms. The maximum Gasteiger partial charge on any atom is 0.661 e. The summed E-state index contributed by atoms with van der Waals surface area (Å²) in [4.78, 5) is 33.4. The van der Waals surface area contributed by atoms with Gasteiger partial charge in [0.1, 0.15) is 0 Å². The van der Waals surface area contributed by atoms with Crippen molar-refractivity contribution in [3.05, 3.63) is 0 Å². The molecule has 0 aromatic rings. The van der Waals surface area contributed by atoms with Crippen molar-refractivity contribution in [2.24, 2.45) is 0 Å². The lowest BCUT2D eigenvalue weighted by Crippen LogP contribution is -2.66. The normalized spacial score (nSPS) is 11.6. The van der Waals surface area contributed by atoms with E-state index in [1.54, 1.807) is 0 Å². The molecule has 0 spiro atoms. The topological polar surface area (TPSA) is 78.9 Å². The zero-order chi connectivity index (χ0) is 13.9. The van der Waals surface area contributed by atoms with Crippen LogP contribution in [0.2, 0.25) is 19.6 Å². The smallest absolute Gasteiger partial charge is 0.459 e. The first-order valence-corrected chi connectivity index (χ1v) is 11.3.